The van der Waals surface area contributed by atoms with Gasteiger partial charge in [-0.15, -0.1) is 0 Å². The average Bonchev–Trinajstić information content (AvgIpc) is 2.25. The van der Waals surface area contributed by atoms with Crippen molar-refractivity contribution in [3.8, 4) is 0 Å². The fourth-order valence-electron chi connectivity index (χ4n) is 1.13. The van der Waals surface area contributed by atoms with Gasteiger partial charge < -0.3 is 14.8 Å². The molecule has 0 aliphatic rings. The second-order valence-corrected chi connectivity index (χ2v) is 3.80. The molecular weight excluding hydrogens is 260 g/mol. The average molecular weight is 275 g/mol. The van der Waals surface area contributed by atoms with Crippen LogP contribution in [-0.2, 0) is 16.0 Å². The monoisotopic (exact) mass is 274 g/mol. The highest BCUT2D eigenvalue weighted by Gasteiger charge is 2.03. The molecule has 0 aliphatic heterocycles. The highest BCUT2D eigenvalue weighted by molar-refractivity contribution is 9.10. The van der Waals surface area contributed by atoms with E-state index >= 15 is 0 Å². The molecule has 1 aromatic heterocycles. The Kier molecular flexibility index (Phi) is 5.78. The Balaban J connectivity index is 2.31. The molecule has 0 spiro atoms. The summed E-state index contributed by atoms with van der Waals surface area (Å²) in [6, 6.07) is 5.82. The van der Waals surface area contributed by atoms with Crippen molar-refractivity contribution in [2.75, 3.05) is 20.8 Å². The van der Waals surface area contributed by atoms with Gasteiger partial charge in [0.25, 0.3) is 0 Å². The third kappa shape index (κ3) is 4.70. The van der Waals surface area contributed by atoms with Crippen molar-refractivity contribution in [1.29, 1.82) is 0 Å². The quantitative estimate of drug-likeness (QED) is 0.632. The number of rotatable bonds is 6. The molecule has 0 saturated carbocycles. The molecule has 15 heavy (non-hydrogen) atoms. The molecule has 1 heterocycles. The smallest absolute Gasteiger partial charge is 0.169 e. The van der Waals surface area contributed by atoms with Crippen LogP contribution in [0.5, 0.6) is 0 Å². The van der Waals surface area contributed by atoms with Crippen LogP contribution < -0.4 is 5.32 Å². The summed E-state index contributed by atoms with van der Waals surface area (Å²) in [5.41, 5.74) is 0.982. The summed E-state index contributed by atoms with van der Waals surface area (Å²) in [5.74, 6) is 0. The van der Waals surface area contributed by atoms with E-state index in [9.17, 15) is 0 Å². The molecule has 5 heteroatoms. The molecular formula is C10H15BrN2O2. The van der Waals surface area contributed by atoms with Crippen molar-refractivity contribution in [2.45, 2.75) is 12.8 Å². The maximum absolute atomic E-state index is 5.05. The summed E-state index contributed by atoms with van der Waals surface area (Å²) in [6.45, 7) is 1.34. The summed E-state index contributed by atoms with van der Waals surface area (Å²) < 4.78 is 10.9. The Labute approximate surface area is 98.1 Å². The third-order valence-electron chi connectivity index (χ3n) is 1.92. The topological polar surface area (TPSA) is 43.4 Å². The second kappa shape index (κ2) is 6.90. The highest BCUT2D eigenvalue weighted by atomic mass is 79.9. The van der Waals surface area contributed by atoms with Crippen molar-refractivity contribution in [3.05, 3.63) is 28.5 Å². The van der Waals surface area contributed by atoms with E-state index in [1.807, 2.05) is 18.2 Å². The number of hydrogen-bond acceptors (Lipinski definition) is 4. The van der Waals surface area contributed by atoms with Gasteiger partial charge in [0.1, 0.15) is 4.60 Å². The van der Waals surface area contributed by atoms with Gasteiger partial charge in [-0.3, -0.25) is 0 Å². The summed E-state index contributed by atoms with van der Waals surface area (Å²) in [6.07, 6.45) is -0.211. The maximum Gasteiger partial charge on any atom is 0.169 e. The Hall–Kier alpha value is -0.490. The summed E-state index contributed by atoms with van der Waals surface area (Å²) in [7, 11) is 3.24. The number of hydrogen-bond donors (Lipinski definition) is 1. The lowest BCUT2D eigenvalue weighted by atomic mass is 10.3. The number of ether oxygens (including phenoxy) is 2. The maximum atomic E-state index is 5.05. The number of nitrogens with zero attached hydrogens (tertiary/aromatic N) is 1. The summed E-state index contributed by atoms with van der Waals surface area (Å²) in [4.78, 5) is 4.29. The Morgan fingerprint density at radius 1 is 1.40 bits per heavy atom. The molecule has 1 rings (SSSR count). The van der Waals surface area contributed by atoms with Gasteiger partial charge in [0.2, 0.25) is 0 Å². The van der Waals surface area contributed by atoms with Gasteiger partial charge in [0.05, 0.1) is 5.69 Å². The van der Waals surface area contributed by atoms with E-state index in [0.29, 0.717) is 13.1 Å². The van der Waals surface area contributed by atoms with E-state index in [2.05, 4.69) is 26.2 Å². The van der Waals surface area contributed by atoms with Crippen LogP contribution in [0.1, 0.15) is 5.69 Å². The van der Waals surface area contributed by atoms with Crippen molar-refractivity contribution in [1.82, 2.24) is 10.3 Å². The van der Waals surface area contributed by atoms with E-state index in [1.165, 1.54) is 0 Å². The number of aromatic nitrogens is 1. The largest absolute Gasteiger partial charge is 0.355 e. The zero-order valence-electron chi connectivity index (χ0n) is 8.87. The summed E-state index contributed by atoms with van der Waals surface area (Å²) in [5, 5.41) is 3.20. The number of pyridine rings is 1. The molecule has 0 saturated heterocycles. The normalized spacial score (nSPS) is 10.9. The third-order valence-corrected chi connectivity index (χ3v) is 2.36. The minimum atomic E-state index is -0.211. The second-order valence-electron chi connectivity index (χ2n) is 2.98. The molecule has 0 atom stereocenters. The van der Waals surface area contributed by atoms with Crippen molar-refractivity contribution in [3.63, 3.8) is 0 Å². The molecule has 1 aromatic rings. The van der Waals surface area contributed by atoms with Gasteiger partial charge in [0, 0.05) is 27.3 Å². The number of nitrogens with one attached hydrogen (secondary N) is 1. The molecule has 4 nitrogen and oxygen atoms in total. The Morgan fingerprint density at radius 2 is 2.13 bits per heavy atom. The molecule has 0 fully saturated rings. The van der Waals surface area contributed by atoms with Gasteiger partial charge in [-0.2, -0.15) is 0 Å². The minimum Gasteiger partial charge on any atom is -0.355 e. The summed E-state index contributed by atoms with van der Waals surface area (Å²) >= 11 is 3.32. The fraction of sp³-hybridized carbons (Fsp3) is 0.500. The van der Waals surface area contributed by atoms with Gasteiger partial charge >= 0.3 is 0 Å². The van der Waals surface area contributed by atoms with Crippen LogP contribution in [0, 0.1) is 0 Å². The molecule has 84 valence electrons. The standard InChI is InChI=1S/C10H15BrN2O2/c1-14-10(15-2)7-12-6-8-4-3-5-9(11)13-8/h3-5,10,12H,6-7H2,1-2H3. The highest BCUT2D eigenvalue weighted by Crippen LogP contribution is 2.05. The fourth-order valence-corrected chi connectivity index (χ4v) is 1.51. The van der Waals surface area contributed by atoms with Gasteiger partial charge in [-0.25, -0.2) is 4.98 Å². The van der Waals surface area contributed by atoms with Crippen LogP contribution in [0.15, 0.2) is 22.8 Å². The first kappa shape index (κ1) is 12.6. The lowest BCUT2D eigenvalue weighted by Crippen LogP contribution is -2.29. The zero-order chi connectivity index (χ0) is 11.1. The molecule has 0 radical (unpaired) electrons. The van der Waals surface area contributed by atoms with Gasteiger partial charge in [-0.1, -0.05) is 6.07 Å². The van der Waals surface area contributed by atoms with Crippen LogP contribution in [0.2, 0.25) is 0 Å². The van der Waals surface area contributed by atoms with E-state index in [1.54, 1.807) is 14.2 Å². The molecule has 0 unspecified atom stereocenters. The first-order chi connectivity index (χ1) is 7.26. The number of methoxy groups -OCH3 is 2. The van der Waals surface area contributed by atoms with E-state index in [4.69, 9.17) is 9.47 Å². The molecule has 0 amide bonds. The van der Waals surface area contributed by atoms with Crippen molar-refractivity contribution in [2.24, 2.45) is 0 Å². The Bertz CT molecular complexity index is 293. The predicted octanol–water partition coefficient (Wildman–Crippen LogP) is 1.55. The SMILES string of the molecule is COC(CNCc1cccc(Br)n1)OC. The molecule has 1 N–H and O–H groups in total. The van der Waals surface area contributed by atoms with Crippen LogP contribution >= 0.6 is 15.9 Å². The molecule has 0 aromatic carbocycles. The Morgan fingerprint density at radius 3 is 2.73 bits per heavy atom. The predicted molar refractivity (Wildman–Crippen MR) is 61.4 cm³/mol. The van der Waals surface area contributed by atoms with Crippen molar-refractivity contribution < 1.29 is 9.47 Å². The van der Waals surface area contributed by atoms with Crippen molar-refractivity contribution >= 4 is 15.9 Å². The molecule has 0 bridgehead atoms. The zero-order valence-corrected chi connectivity index (χ0v) is 10.5. The van der Waals surface area contributed by atoms with Gasteiger partial charge in [0.15, 0.2) is 6.29 Å². The van der Waals surface area contributed by atoms with Crippen LogP contribution in [0.25, 0.3) is 0 Å². The molecule has 0 aliphatic carbocycles. The van der Waals surface area contributed by atoms with E-state index in [-0.39, 0.29) is 6.29 Å². The van der Waals surface area contributed by atoms with Crippen LogP contribution in [-0.4, -0.2) is 32.0 Å². The van der Waals surface area contributed by atoms with Crippen LogP contribution in [0.3, 0.4) is 0 Å². The first-order valence-electron chi connectivity index (χ1n) is 4.64. The van der Waals surface area contributed by atoms with E-state index in [0.717, 1.165) is 10.3 Å². The lowest BCUT2D eigenvalue weighted by molar-refractivity contribution is -0.0989. The van der Waals surface area contributed by atoms with E-state index < -0.39 is 0 Å². The number of halogens is 1. The first-order valence-corrected chi connectivity index (χ1v) is 5.43. The van der Waals surface area contributed by atoms with Gasteiger partial charge in [-0.05, 0) is 28.1 Å². The van der Waals surface area contributed by atoms with Crippen LogP contribution in [0.4, 0.5) is 0 Å². The lowest BCUT2D eigenvalue weighted by Gasteiger charge is -2.13. The minimum absolute atomic E-state index is 0.211.